The highest BCUT2D eigenvalue weighted by Gasteiger charge is 2.33. The van der Waals surface area contributed by atoms with Gasteiger partial charge in [-0.25, -0.2) is 0 Å². The summed E-state index contributed by atoms with van der Waals surface area (Å²) in [5, 5.41) is 222. The molecule has 0 unspecified atom stereocenters. The van der Waals surface area contributed by atoms with E-state index < -0.39 is 45.6 Å². The number of aliphatic hydroxyl groups excluding tert-OH is 10. The van der Waals surface area contributed by atoms with Gasteiger partial charge in [0.25, 0.3) is 0 Å². The minimum absolute atomic E-state index is 0.0365. The zero-order valence-electron chi connectivity index (χ0n) is 87.9. The van der Waals surface area contributed by atoms with Crippen LogP contribution in [0.5, 0.6) is 69.0 Å². The molecule has 0 aliphatic heterocycles. The van der Waals surface area contributed by atoms with Crippen LogP contribution >= 0.6 is 0 Å². The largest absolute Gasteiger partial charge is 0.507 e. The van der Waals surface area contributed by atoms with E-state index in [2.05, 4.69) is 91.8 Å². The molecule has 0 amide bonds. The molecule has 0 heterocycles. The number of hydrogen-bond acceptors (Lipinski definition) is 26. The minimum atomic E-state index is -0.733. The van der Waals surface area contributed by atoms with E-state index in [0.717, 1.165) is 143 Å². The van der Waals surface area contributed by atoms with Crippen LogP contribution in [0.3, 0.4) is 0 Å². The van der Waals surface area contributed by atoms with Crippen LogP contribution in [0.4, 0.5) is 0 Å². The molecule has 0 saturated carbocycles. The summed E-state index contributed by atoms with van der Waals surface area (Å²) >= 11 is 0. The van der Waals surface area contributed by atoms with Crippen LogP contribution in [0.1, 0.15) is 275 Å². The molecule has 22 N–H and O–H groups in total. The first kappa shape index (κ1) is 117. The average Bonchev–Trinajstić information content (AvgIpc) is 0.769. The smallest absolute Gasteiger partial charge is 0.126 e. The maximum absolute atomic E-state index is 10.9. The summed E-state index contributed by atoms with van der Waals surface area (Å²) < 4.78 is 20.9. The Kier molecular flexibility index (Phi) is 41.9. The number of benzene rings is 13. The van der Waals surface area contributed by atoms with Crippen LogP contribution in [0.2, 0.25) is 0 Å². The average molecular weight is 2020 g/mol. The van der Waals surface area contributed by atoms with Crippen molar-refractivity contribution in [2.45, 2.75) is 257 Å². The van der Waals surface area contributed by atoms with Gasteiger partial charge >= 0.3 is 0 Å². The van der Waals surface area contributed by atoms with Crippen molar-refractivity contribution in [1.82, 2.24) is 0 Å². The third-order valence-electron chi connectivity index (χ3n) is 27.7. The Morgan fingerprint density at radius 3 is 0.619 bits per heavy atom. The number of aryl methyl sites for hydroxylation is 9. The van der Waals surface area contributed by atoms with Gasteiger partial charge in [-0.1, -0.05) is 171 Å². The lowest BCUT2D eigenvalue weighted by molar-refractivity contribution is 0.174. The van der Waals surface area contributed by atoms with Gasteiger partial charge in [-0.05, 0) is 262 Å². The van der Waals surface area contributed by atoms with Crippen molar-refractivity contribution in [3.05, 3.63) is 370 Å². The predicted octanol–water partition coefficient (Wildman–Crippen LogP) is 19.2. The number of ether oxygens (including phenoxy) is 4. The van der Waals surface area contributed by atoms with Crippen LogP contribution in [-0.4, -0.2) is 141 Å². The summed E-state index contributed by atoms with van der Waals surface area (Å²) in [6, 6.07) is 52.3. The number of methoxy groups -OCH3 is 4. The molecule has 26 heteroatoms. The molecule has 0 fully saturated rings. The molecule has 0 aromatic heterocycles. The van der Waals surface area contributed by atoms with Crippen molar-refractivity contribution in [3.8, 4) is 80.1 Å². The second kappa shape index (κ2) is 52.5. The third-order valence-corrected chi connectivity index (χ3v) is 27.7. The molecule has 788 valence electrons. The second-order valence-electron chi connectivity index (χ2n) is 39.0. The number of phenols is 12. The van der Waals surface area contributed by atoms with E-state index in [4.69, 9.17) is 18.9 Å². The van der Waals surface area contributed by atoms with Gasteiger partial charge in [0.1, 0.15) is 69.0 Å². The summed E-state index contributed by atoms with van der Waals surface area (Å²) in [6.07, 6.45) is 3.71. The Morgan fingerprint density at radius 1 is 0.204 bits per heavy atom. The van der Waals surface area contributed by atoms with E-state index in [1.165, 1.54) is 36.4 Å². The molecule has 0 saturated heterocycles. The lowest BCUT2D eigenvalue weighted by Gasteiger charge is -2.30. The molecule has 13 rings (SSSR count). The summed E-state index contributed by atoms with van der Waals surface area (Å²) in [5.74, 6) is 0.203. The van der Waals surface area contributed by atoms with Crippen LogP contribution in [0, 0.1) is 34.6 Å². The molecule has 147 heavy (non-hydrogen) atoms. The first-order valence-electron chi connectivity index (χ1n) is 49.0. The Bertz CT molecular complexity index is 6230. The van der Waals surface area contributed by atoms with Crippen LogP contribution in [-0.2, 0) is 166 Å². The summed E-state index contributed by atoms with van der Waals surface area (Å²) in [4.78, 5) is 0. The molecule has 0 aliphatic rings. The molecule has 26 nitrogen and oxygen atoms in total. The van der Waals surface area contributed by atoms with Gasteiger partial charge in [-0.3, -0.25) is 0 Å². The Morgan fingerprint density at radius 2 is 0.374 bits per heavy atom. The standard InChI is InChI=1S/C28H34O4.C25H28O9.C25H28O5.C23H32O4.C20H26O4/c1-17-11-23(13-19(15-29)25(17)31)27(3,4)21-7-9-22(10-8-21)28(5,6)24-12-18(2)26(32)20(14-24)16-30;26-7-16-1-13(2-17(8-27)23(16)32)22(14-3-18(9-28)24(33)19(4-14)10-29)15-5-20(11-30)25(34)21(6-15)12-31;1-14-4-17(10-19-6-15(2)8-21(12-26)24(19)29)23(28)18(5-14)11-20-7-16(3)9-22(13-27)25(20)30;1-7-15-9-19(10-16(8-2)21(15)24)23(3,4)20-11-17(13-26-5)22(25)18(12-20)14-27-6;1-5-13-7-15(8-14(6-2)19(13)21)16-9-17(11-23-3)20(22)18(10-16)12-24-4/h7-14,29-32H,15-16H2,1-6H3;1-6,22,26-34H,7-12H2;4-9,26-30H,10-13H2,1-3H3;9-12,24-25H,7-8,13-14H2,1-6H3;7-10,21-22H,5-6,11-12H2,1-4H3. The summed E-state index contributed by atoms with van der Waals surface area (Å²) in [5.41, 5.74) is 25.6. The Hall–Kier alpha value is -13.1. The first-order chi connectivity index (χ1) is 69.8. The molecule has 13 aromatic carbocycles. The van der Waals surface area contributed by atoms with Gasteiger partial charge < -0.3 is 131 Å². The highest BCUT2D eigenvalue weighted by Crippen LogP contribution is 2.47. The van der Waals surface area contributed by atoms with Crippen molar-refractivity contribution < 1.29 is 131 Å². The fraction of sp³-hybridized carbons (Fsp3) is 0.355. The third kappa shape index (κ3) is 27.3. The van der Waals surface area contributed by atoms with Crippen LogP contribution < -0.4 is 0 Å². The SMILES string of the molecule is CCc1cc(-c2cc(COC)c(O)c(COC)c2)cc(CC)c1O.CCc1cc(C(C)(C)c2cc(COC)c(O)c(COC)c2)cc(CC)c1O.Cc1cc(C(C)(C)c2ccc(C(C)(C)c3cc(C)c(O)c(CO)c3)cc2)cc(CO)c1O.Cc1cc(CO)c(O)c(Cc2cc(C)cc(Cc3cc(C)cc(CO)c3O)c2O)c1.OCc1cc(C(c2cc(CO)c(O)c(CO)c2)c2cc(CO)c(O)c(CO)c2)cc(CO)c1O. The van der Waals surface area contributed by atoms with Crippen molar-refractivity contribution in [3.63, 3.8) is 0 Å². The second-order valence-corrected chi connectivity index (χ2v) is 39.0. The van der Waals surface area contributed by atoms with Gasteiger partial charge in [0, 0.05) is 141 Å². The van der Waals surface area contributed by atoms with Gasteiger partial charge in [0.2, 0.25) is 0 Å². The van der Waals surface area contributed by atoms with E-state index in [1.54, 1.807) is 40.6 Å². The zero-order valence-corrected chi connectivity index (χ0v) is 87.9. The molecule has 0 atom stereocenters. The monoisotopic (exact) mass is 2020 g/mol. The number of phenolic OH excluding ortho intramolecular Hbond substituents is 5. The molecular weight excluding hydrogens is 1870 g/mol. The van der Waals surface area contributed by atoms with Gasteiger partial charge in [-0.15, -0.1) is 0 Å². The zero-order chi connectivity index (χ0) is 109. The summed E-state index contributed by atoms with van der Waals surface area (Å²) in [7, 11) is 6.45. The van der Waals surface area contributed by atoms with Crippen LogP contribution in [0.25, 0.3) is 11.1 Å². The number of rotatable bonds is 36. The normalized spacial score (nSPS) is 11.5. The fourth-order valence-corrected chi connectivity index (χ4v) is 18.9. The fourth-order valence-electron chi connectivity index (χ4n) is 18.9. The van der Waals surface area contributed by atoms with E-state index in [-0.39, 0.29) is 134 Å². The topological polar surface area (TPSA) is 482 Å². The van der Waals surface area contributed by atoms with E-state index in [9.17, 15) is 112 Å². The number of aliphatic hydroxyl groups is 10. The predicted molar refractivity (Wildman–Crippen MR) is 569 cm³/mol. The minimum Gasteiger partial charge on any atom is -0.507 e. The molecule has 0 radical (unpaired) electrons. The van der Waals surface area contributed by atoms with Gasteiger partial charge in [-0.2, -0.15) is 0 Å². The van der Waals surface area contributed by atoms with Crippen molar-refractivity contribution in [2.24, 2.45) is 0 Å². The van der Waals surface area contributed by atoms with E-state index in [0.29, 0.717) is 112 Å². The van der Waals surface area contributed by atoms with Gasteiger partial charge in [0.15, 0.2) is 0 Å². The van der Waals surface area contributed by atoms with E-state index >= 15 is 0 Å². The molecule has 0 bridgehead atoms. The van der Waals surface area contributed by atoms with Crippen molar-refractivity contribution in [2.75, 3.05) is 28.4 Å². The number of hydrogen-bond donors (Lipinski definition) is 22. The first-order valence-corrected chi connectivity index (χ1v) is 49.0. The summed E-state index contributed by atoms with van der Waals surface area (Å²) in [6.45, 7) is 27.8. The lowest BCUT2D eigenvalue weighted by atomic mass is 9.74. The molecule has 0 spiro atoms. The molecule has 0 aliphatic carbocycles. The van der Waals surface area contributed by atoms with Crippen LogP contribution in [0.15, 0.2) is 170 Å². The maximum Gasteiger partial charge on any atom is 0.126 e. The Labute approximate surface area is 862 Å². The molecular formula is C121H148O26. The molecule has 13 aromatic rings. The van der Waals surface area contributed by atoms with Gasteiger partial charge in [0.05, 0.1) is 92.5 Å². The van der Waals surface area contributed by atoms with Crippen molar-refractivity contribution in [1.29, 1.82) is 0 Å². The number of aromatic hydroxyl groups is 12. The quantitative estimate of drug-likeness (QED) is 0.0162. The highest BCUT2D eigenvalue weighted by molar-refractivity contribution is 5.71. The highest BCUT2D eigenvalue weighted by atomic mass is 16.5. The van der Waals surface area contributed by atoms with Crippen molar-refractivity contribution >= 4 is 0 Å². The van der Waals surface area contributed by atoms with E-state index in [1.807, 2.05) is 133 Å². The Balaban J connectivity index is 0.000000205. The lowest BCUT2D eigenvalue weighted by Crippen LogP contribution is -2.22. The maximum atomic E-state index is 10.9.